The average Bonchev–Trinajstić information content (AvgIpc) is 2.66. The molecule has 0 heterocycles. The molecule has 4 heteroatoms. The fraction of sp³-hybridized carbons (Fsp3) is 0.364. The van der Waals surface area contributed by atoms with E-state index in [4.69, 9.17) is 0 Å². The SMILES string of the molecule is CC(=O)N(C)CC(=O)NC[C@@H]1CC2c3ccccc3C1c1ccccc12. The van der Waals surface area contributed by atoms with Crippen molar-refractivity contribution in [2.24, 2.45) is 5.92 Å². The number of likely N-dealkylation sites (N-methyl/N-ethyl adjacent to an activating group) is 1. The van der Waals surface area contributed by atoms with Crippen molar-refractivity contribution in [3.8, 4) is 0 Å². The van der Waals surface area contributed by atoms with Crippen molar-refractivity contribution in [1.29, 1.82) is 0 Å². The van der Waals surface area contributed by atoms with E-state index in [1.54, 1.807) is 7.05 Å². The van der Waals surface area contributed by atoms with Gasteiger partial charge in [0.2, 0.25) is 11.8 Å². The number of carbonyl (C=O) groups is 2. The van der Waals surface area contributed by atoms with E-state index >= 15 is 0 Å². The van der Waals surface area contributed by atoms with Crippen LogP contribution in [0, 0.1) is 5.92 Å². The van der Waals surface area contributed by atoms with Crippen LogP contribution in [0.2, 0.25) is 0 Å². The van der Waals surface area contributed by atoms with E-state index < -0.39 is 0 Å². The summed E-state index contributed by atoms with van der Waals surface area (Å²) in [5, 5.41) is 3.05. The normalized spacial score (nSPS) is 22.3. The first-order valence-corrected chi connectivity index (χ1v) is 9.22. The average molecular weight is 348 g/mol. The Labute approximate surface area is 154 Å². The first-order valence-electron chi connectivity index (χ1n) is 9.22. The molecule has 0 unspecified atom stereocenters. The second kappa shape index (κ2) is 6.60. The first kappa shape index (κ1) is 16.8. The second-order valence-electron chi connectivity index (χ2n) is 7.46. The molecule has 3 aliphatic carbocycles. The molecule has 1 atom stereocenters. The zero-order valence-corrected chi connectivity index (χ0v) is 15.2. The van der Waals surface area contributed by atoms with Crippen LogP contribution in [-0.4, -0.2) is 36.9 Å². The van der Waals surface area contributed by atoms with E-state index in [-0.39, 0.29) is 18.4 Å². The van der Waals surface area contributed by atoms with Gasteiger partial charge in [-0.2, -0.15) is 0 Å². The summed E-state index contributed by atoms with van der Waals surface area (Å²) in [5.41, 5.74) is 5.69. The summed E-state index contributed by atoms with van der Waals surface area (Å²) < 4.78 is 0. The van der Waals surface area contributed by atoms with E-state index in [1.807, 2.05) is 0 Å². The summed E-state index contributed by atoms with van der Waals surface area (Å²) in [6, 6.07) is 17.4. The quantitative estimate of drug-likeness (QED) is 0.924. The molecule has 5 rings (SSSR count). The zero-order valence-electron chi connectivity index (χ0n) is 15.2. The molecule has 0 aromatic heterocycles. The number of fused-ring (bicyclic) bond motifs is 1. The minimum absolute atomic E-state index is 0.0919. The van der Waals surface area contributed by atoms with E-state index in [0.29, 0.717) is 24.3 Å². The molecular weight excluding hydrogens is 324 g/mol. The Bertz CT molecular complexity index is 813. The summed E-state index contributed by atoms with van der Waals surface area (Å²) in [6.07, 6.45) is 1.06. The smallest absolute Gasteiger partial charge is 0.239 e. The Kier molecular flexibility index (Phi) is 4.27. The fourth-order valence-corrected chi connectivity index (χ4v) is 4.59. The Morgan fingerprint density at radius 2 is 1.54 bits per heavy atom. The van der Waals surface area contributed by atoms with Crippen molar-refractivity contribution < 1.29 is 9.59 Å². The van der Waals surface area contributed by atoms with Gasteiger partial charge in [0.25, 0.3) is 0 Å². The van der Waals surface area contributed by atoms with E-state index in [9.17, 15) is 9.59 Å². The van der Waals surface area contributed by atoms with Gasteiger partial charge in [0, 0.05) is 32.4 Å². The number of carbonyl (C=O) groups excluding carboxylic acids is 2. The summed E-state index contributed by atoms with van der Waals surface area (Å²) in [7, 11) is 1.65. The third kappa shape index (κ3) is 2.79. The van der Waals surface area contributed by atoms with Crippen molar-refractivity contribution in [1.82, 2.24) is 10.2 Å². The number of benzene rings is 2. The van der Waals surface area contributed by atoms with Gasteiger partial charge in [-0.25, -0.2) is 0 Å². The Morgan fingerprint density at radius 1 is 1.00 bits per heavy atom. The van der Waals surface area contributed by atoms with Gasteiger partial charge in [0.1, 0.15) is 0 Å². The molecule has 2 aromatic rings. The van der Waals surface area contributed by atoms with E-state index in [2.05, 4.69) is 53.8 Å². The maximum Gasteiger partial charge on any atom is 0.239 e. The van der Waals surface area contributed by atoms with Crippen molar-refractivity contribution in [3.63, 3.8) is 0 Å². The molecule has 2 bridgehead atoms. The molecule has 0 saturated carbocycles. The highest BCUT2D eigenvalue weighted by Crippen LogP contribution is 2.54. The summed E-state index contributed by atoms with van der Waals surface area (Å²) in [4.78, 5) is 24.9. The number of amides is 2. The summed E-state index contributed by atoms with van der Waals surface area (Å²) in [5.74, 6) is 0.939. The van der Waals surface area contributed by atoms with Gasteiger partial charge in [-0.3, -0.25) is 9.59 Å². The van der Waals surface area contributed by atoms with Gasteiger partial charge in [-0.05, 0) is 34.6 Å². The topological polar surface area (TPSA) is 49.4 Å². The predicted octanol–water partition coefficient (Wildman–Crippen LogP) is 2.88. The molecule has 2 aromatic carbocycles. The number of hydrogen-bond donors (Lipinski definition) is 1. The second-order valence-corrected chi connectivity index (χ2v) is 7.46. The summed E-state index contributed by atoms with van der Waals surface area (Å²) >= 11 is 0. The van der Waals surface area contributed by atoms with Crippen LogP contribution in [-0.2, 0) is 9.59 Å². The molecule has 0 aliphatic heterocycles. The van der Waals surface area contributed by atoms with Crippen LogP contribution in [0.25, 0.3) is 0 Å². The number of rotatable bonds is 4. The van der Waals surface area contributed by atoms with Crippen LogP contribution >= 0.6 is 0 Å². The van der Waals surface area contributed by atoms with Gasteiger partial charge in [0.15, 0.2) is 0 Å². The number of nitrogens with one attached hydrogen (secondary N) is 1. The Balaban J connectivity index is 1.55. The number of nitrogens with zero attached hydrogens (tertiary/aromatic N) is 1. The molecular formula is C22H24N2O2. The molecule has 26 heavy (non-hydrogen) atoms. The van der Waals surface area contributed by atoms with Gasteiger partial charge >= 0.3 is 0 Å². The lowest BCUT2D eigenvalue weighted by molar-refractivity contribution is -0.133. The largest absolute Gasteiger partial charge is 0.354 e. The van der Waals surface area contributed by atoms with Gasteiger partial charge in [-0.15, -0.1) is 0 Å². The molecule has 0 fully saturated rings. The van der Waals surface area contributed by atoms with Gasteiger partial charge in [0.05, 0.1) is 6.54 Å². The maximum atomic E-state index is 12.2. The third-order valence-corrected chi connectivity index (χ3v) is 5.90. The van der Waals surface area contributed by atoms with Gasteiger partial charge in [-0.1, -0.05) is 48.5 Å². The van der Waals surface area contributed by atoms with Crippen molar-refractivity contribution in [2.45, 2.75) is 25.2 Å². The minimum Gasteiger partial charge on any atom is -0.354 e. The molecule has 0 spiro atoms. The Hall–Kier alpha value is -2.62. The maximum absolute atomic E-state index is 12.2. The van der Waals surface area contributed by atoms with Crippen molar-refractivity contribution in [2.75, 3.05) is 20.1 Å². The molecule has 2 amide bonds. The van der Waals surface area contributed by atoms with Crippen LogP contribution in [0.15, 0.2) is 48.5 Å². The zero-order chi connectivity index (χ0) is 18.3. The molecule has 1 N–H and O–H groups in total. The van der Waals surface area contributed by atoms with Crippen LogP contribution in [0.3, 0.4) is 0 Å². The standard InChI is InChI=1S/C22H24N2O2/c1-14(25)24(2)13-21(26)23-12-15-11-20-16-7-3-5-9-18(16)22(15)19-10-6-4-8-17(19)20/h3-10,15,20,22H,11-13H2,1-2H3,(H,23,26)/t15-,20?,22?/m0/s1. The van der Waals surface area contributed by atoms with Crippen LogP contribution in [0.1, 0.15) is 47.4 Å². The van der Waals surface area contributed by atoms with Crippen LogP contribution in [0.5, 0.6) is 0 Å². The van der Waals surface area contributed by atoms with Crippen molar-refractivity contribution >= 4 is 11.8 Å². The van der Waals surface area contributed by atoms with Crippen molar-refractivity contribution in [3.05, 3.63) is 70.8 Å². The predicted molar refractivity (Wildman–Crippen MR) is 101 cm³/mol. The summed E-state index contributed by atoms with van der Waals surface area (Å²) in [6.45, 7) is 2.24. The molecule has 4 nitrogen and oxygen atoms in total. The molecule has 0 radical (unpaired) electrons. The molecule has 3 aliphatic rings. The third-order valence-electron chi connectivity index (χ3n) is 5.90. The fourth-order valence-electron chi connectivity index (χ4n) is 4.59. The Morgan fingerprint density at radius 3 is 2.08 bits per heavy atom. The highest BCUT2D eigenvalue weighted by molar-refractivity contribution is 5.83. The molecule has 134 valence electrons. The van der Waals surface area contributed by atoms with E-state index in [0.717, 1.165) is 6.42 Å². The minimum atomic E-state index is -0.0975. The van der Waals surface area contributed by atoms with Crippen LogP contribution < -0.4 is 5.32 Å². The van der Waals surface area contributed by atoms with Crippen LogP contribution in [0.4, 0.5) is 0 Å². The first-order chi connectivity index (χ1) is 12.6. The highest BCUT2D eigenvalue weighted by Gasteiger charge is 2.42. The lowest BCUT2D eigenvalue weighted by Gasteiger charge is -2.45. The lowest BCUT2D eigenvalue weighted by atomic mass is 9.59. The molecule has 0 saturated heterocycles. The lowest BCUT2D eigenvalue weighted by Crippen LogP contribution is -2.42. The number of hydrogen-bond acceptors (Lipinski definition) is 2. The van der Waals surface area contributed by atoms with E-state index in [1.165, 1.54) is 34.1 Å². The highest BCUT2D eigenvalue weighted by atomic mass is 16.2. The monoisotopic (exact) mass is 348 g/mol. The van der Waals surface area contributed by atoms with Gasteiger partial charge < -0.3 is 10.2 Å².